The lowest BCUT2D eigenvalue weighted by atomic mass is 10.0. The minimum atomic E-state index is -0.828. The first-order chi connectivity index (χ1) is 15.8. The molecule has 2 heterocycles. The van der Waals surface area contributed by atoms with Gasteiger partial charge in [-0.25, -0.2) is 9.18 Å². The highest BCUT2D eigenvalue weighted by atomic mass is 35.5. The quantitative estimate of drug-likeness (QED) is 0.576. The van der Waals surface area contributed by atoms with Crippen molar-refractivity contribution in [2.24, 2.45) is 0 Å². The largest absolute Gasteiger partial charge is 0.495 e. The van der Waals surface area contributed by atoms with Crippen LogP contribution in [0.1, 0.15) is 34.3 Å². The maximum absolute atomic E-state index is 15.1. The van der Waals surface area contributed by atoms with E-state index in [1.807, 2.05) is 0 Å². The maximum atomic E-state index is 15.1. The molecule has 1 saturated heterocycles. The van der Waals surface area contributed by atoms with Crippen molar-refractivity contribution < 1.29 is 28.3 Å². The van der Waals surface area contributed by atoms with Gasteiger partial charge >= 0.3 is 6.03 Å². The van der Waals surface area contributed by atoms with Crippen molar-refractivity contribution in [2.75, 3.05) is 12.4 Å². The first-order valence-corrected chi connectivity index (χ1v) is 10.5. The van der Waals surface area contributed by atoms with Crippen molar-refractivity contribution in [2.45, 2.75) is 32.0 Å². The van der Waals surface area contributed by atoms with Crippen LogP contribution >= 0.6 is 11.6 Å². The molecule has 2 aliphatic rings. The van der Waals surface area contributed by atoms with Gasteiger partial charge in [-0.2, -0.15) is 0 Å². The number of carbonyl (C=O) groups is 4. The molecule has 172 valence electrons. The number of fused-ring (bicyclic) bond motifs is 1. The summed E-state index contributed by atoms with van der Waals surface area (Å²) in [5.74, 6) is -1.65. The second kappa shape index (κ2) is 9.07. The Bertz CT molecular complexity index is 1170. The third-order valence-electron chi connectivity index (χ3n) is 5.58. The van der Waals surface area contributed by atoms with E-state index in [4.69, 9.17) is 16.3 Å². The highest BCUT2D eigenvalue weighted by Crippen LogP contribution is 2.31. The number of benzene rings is 2. The number of hydrogen-bond donors (Lipinski definition) is 3. The van der Waals surface area contributed by atoms with Crippen LogP contribution < -0.4 is 20.7 Å². The number of nitrogens with zero attached hydrogens (tertiary/aromatic N) is 1. The fourth-order valence-corrected chi connectivity index (χ4v) is 4.07. The van der Waals surface area contributed by atoms with E-state index < -0.39 is 35.6 Å². The third kappa shape index (κ3) is 4.47. The molecule has 0 saturated carbocycles. The molecule has 3 N–H and O–H groups in total. The maximum Gasteiger partial charge on any atom is 0.319 e. The van der Waals surface area contributed by atoms with Crippen LogP contribution in [0.3, 0.4) is 0 Å². The zero-order chi connectivity index (χ0) is 23.7. The van der Waals surface area contributed by atoms with E-state index in [-0.39, 0.29) is 42.6 Å². The zero-order valence-electron chi connectivity index (χ0n) is 17.5. The number of urea groups is 1. The van der Waals surface area contributed by atoms with Gasteiger partial charge in [0.25, 0.3) is 5.91 Å². The molecule has 5 amide bonds. The molecule has 9 nitrogen and oxygen atoms in total. The van der Waals surface area contributed by atoms with E-state index in [1.165, 1.54) is 24.1 Å². The zero-order valence-corrected chi connectivity index (χ0v) is 18.3. The van der Waals surface area contributed by atoms with Gasteiger partial charge in [0.05, 0.1) is 18.7 Å². The average Bonchev–Trinajstić information content (AvgIpc) is 3.11. The first kappa shape index (κ1) is 22.5. The number of amides is 5. The summed E-state index contributed by atoms with van der Waals surface area (Å²) in [4.78, 5) is 49.7. The minimum absolute atomic E-state index is 0.0864. The monoisotopic (exact) mass is 474 g/mol. The second-order valence-corrected chi connectivity index (χ2v) is 8.03. The van der Waals surface area contributed by atoms with E-state index in [0.717, 1.165) is 0 Å². The molecule has 4 rings (SSSR count). The highest BCUT2D eigenvalue weighted by Gasteiger charge is 2.40. The van der Waals surface area contributed by atoms with Gasteiger partial charge in [0, 0.05) is 41.4 Å². The number of methoxy groups -OCH3 is 1. The molecule has 2 aromatic carbocycles. The van der Waals surface area contributed by atoms with E-state index in [0.29, 0.717) is 16.5 Å². The third-order valence-corrected chi connectivity index (χ3v) is 5.89. The topological polar surface area (TPSA) is 117 Å². The summed E-state index contributed by atoms with van der Waals surface area (Å²) in [6, 6.07) is 6.22. The fourth-order valence-electron chi connectivity index (χ4n) is 3.88. The molecular weight excluding hydrogens is 455 g/mol. The fraction of sp³-hybridized carbons (Fsp3) is 0.273. The molecule has 1 unspecified atom stereocenters. The molecule has 0 aliphatic carbocycles. The van der Waals surface area contributed by atoms with Gasteiger partial charge < -0.3 is 20.3 Å². The van der Waals surface area contributed by atoms with E-state index >= 15 is 4.39 Å². The molecular formula is C22H20ClFN4O5. The van der Waals surface area contributed by atoms with Crippen molar-refractivity contribution in [3.05, 3.63) is 57.9 Å². The minimum Gasteiger partial charge on any atom is -0.495 e. The van der Waals surface area contributed by atoms with Crippen LogP contribution in [-0.2, 0) is 22.7 Å². The van der Waals surface area contributed by atoms with Gasteiger partial charge in [-0.05, 0) is 24.6 Å². The Morgan fingerprint density at radius 1 is 1.27 bits per heavy atom. The lowest BCUT2D eigenvalue weighted by Crippen LogP contribution is -2.52. The summed E-state index contributed by atoms with van der Waals surface area (Å²) in [5, 5.41) is 7.77. The number of piperidine rings is 1. The van der Waals surface area contributed by atoms with Gasteiger partial charge in [-0.3, -0.25) is 19.7 Å². The summed E-state index contributed by atoms with van der Waals surface area (Å²) in [6.45, 7) is -0.209. The normalized spacial score (nSPS) is 17.5. The Morgan fingerprint density at radius 3 is 2.79 bits per heavy atom. The van der Waals surface area contributed by atoms with Crippen LogP contribution in [0.15, 0.2) is 30.3 Å². The summed E-state index contributed by atoms with van der Waals surface area (Å²) in [6.07, 6.45) is 0.304. The van der Waals surface area contributed by atoms with Crippen LogP contribution in [0.5, 0.6) is 5.75 Å². The molecule has 0 bridgehead atoms. The van der Waals surface area contributed by atoms with E-state index in [9.17, 15) is 19.2 Å². The van der Waals surface area contributed by atoms with Crippen LogP contribution in [0.2, 0.25) is 5.02 Å². The Balaban J connectivity index is 1.42. The van der Waals surface area contributed by atoms with Crippen LogP contribution in [0, 0.1) is 5.82 Å². The number of imide groups is 1. The van der Waals surface area contributed by atoms with Crippen molar-refractivity contribution in [1.29, 1.82) is 0 Å². The predicted octanol–water partition coefficient (Wildman–Crippen LogP) is 2.57. The smallest absolute Gasteiger partial charge is 0.319 e. The number of anilines is 1. The number of halogens is 2. The number of ether oxygens (including phenoxy) is 1. The summed E-state index contributed by atoms with van der Waals surface area (Å²) in [7, 11) is 1.45. The van der Waals surface area contributed by atoms with Gasteiger partial charge in [0.15, 0.2) is 0 Å². The molecule has 0 spiro atoms. The molecule has 1 fully saturated rings. The Labute approximate surface area is 193 Å². The van der Waals surface area contributed by atoms with Gasteiger partial charge in [-0.15, -0.1) is 0 Å². The molecule has 1 atom stereocenters. The molecule has 11 heteroatoms. The van der Waals surface area contributed by atoms with Gasteiger partial charge in [0.2, 0.25) is 11.8 Å². The van der Waals surface area contributed by atoms with Crippen LogP contribution in [0.25, 0.3) is 0 Å². The standard InChI is InChI=1S/C22H20ClFN4O5/c1-33-17-8-12(3-5-15(17)23)26-22(32)25-9-11-2-4-13-14(19(11)24)10-28(21(13)31)16-6-7-18(29)27-20(16)30/h2-5,8,16H,6-7,9-10H2,1H3,(H2,25,26,32)(H,27,29,30). The Kier molecular flexibility index (Phi) is 6.19. The molecule has 2 aliphatic heterocycles. The highest BCUT2D eigenvalue weighted by molar-refractivity contribution is 6.32. The van der Waals surface area contributed by atoms with Crippen molar-refractivity contribution >= 4 is 41.0 Å². The SMILES string of the molecule is COc1cc(NC(=O)NCc2ccc3c(c2F)CN(C2CCC(=O)NC2=O)C3=O)ccc1Cl. The molecule has 0 aromatic heterocycles. The first-order valence-electron chi connectivity index (χ1n) is 10.1. The summed E-state index contributed by atoms with van der Waals surface area (Å²) >= 11 is 5.96. The predicted molar refractivity (Wildman–Crippen MR) is 116 cm³/mol. The molecule has 2 aromatic rings. The second-order valence-electron chi connectivity index (χ2n) is 7.62. The van der Waals surface area contributed by atoms with E-state index in [2.05, 4.69) is 16.0 Å². The van der Waals surface area contributed by atoms with E-state index in [1.54, 1.807) is 18.2 Å². The number of hydrogen-bond acceptors (Lipinski definition) is 5. The van der Waals surface area contributed by atoms with Crippen molar-refractivity contribution in [1.82, 2.24) is 15.5 Å². The summed E-state index contributed by atoms with van der Waals surface area (Å²) in [5.41, 5.74) is 0.953. The summed E-state index contributed by atoms with van der Waals surface area (Å²) < 4.78 is 20.2. The van der Waals surface area contributed by atoms with Gasteiger partial charge in [-0.1, -0.05) is 17.7 Å². The molecule has 33 heavy (non-hydrogen) atoms. The number of nitrogens with one attached hydrogen (secondary N) is 3. The van der Waals surface area contributed by atoms with Crippen LogP contribution in [0.4, 0.5) is 14.9 Å². The van der Waals surface area contributed by atoms with Crippen molar-refractivity contribution in [3.8, 4) is 5.75 Å². The number of carbonyl (C=O) groups excluding carboxylic acids is 4. The lowest BCUT2D eigenvalue weighted by molar-refractivity contribution is -0.136. The van der Waals surface area contributed by atoms with Crippen molar-refractivity contribution in [3.63, 3.8) is 0 Å². The van der Waals surface area contributed by atoms with Crippen LogP contribution in [-0.4, -0.2) is 41.8 Å². The Hall–Kier alpha value is -3.66. The van der Waals surface area contributed by atoms with Gasteiger partial charge in [0.1, 0.15) is 17.6 Å². The lowest BCUT2D eigenvalue weighted by Gasteiger charge is -2.29. The average molecular weight is 475 g/mol. The molecule has 0 radical (unpaired) electrons. The number of rotatable bonds is 5. The Morgan fingerprint density at radius 2 is 2.06 bits per heavy atom.